The number of anilines is 1. The minimum Gasteiger partial charge on any atom is -0.444 e. The van der Waals surface area contributed by atoms with Crippen molar-refractivity contribution < 1.29 is 9.53 Å². The Hall–Kier alpha value is -3.36. The number of likely N-dealkylation sites (N-methyl/N-ethyl adjacent to an activating group) is 1. The van der Waals surface area contributed by atoms with Gasteiger partial charge in [-0.25, -0.2) is 4.79 Å². The smallest absolute Gasteiger partial charge is 0.408 e. The van der Waals surface area contributed by atoms with Crippen molar-refractivity contribution in [2.75, 3.05) is 39.0 Å². The van der Waals surface area contributed by atoms with E-state index < -0.39 is 17.2 Å². The van der Waals surface area contributed by atoms with Crippen molar-refractivity contribution in [3.05, 3.63) is 42.5 Å². The Morgan fingerprint density at radius 2 is 2.00 bits per heavy atom. The van der Waals surface area contributed by atoms with Crippen LogP contribution in [-0.4, -0.2) is 75.9 Å². The first-order chi connectivity index (χ1) is 15.6. The third kappa shape index (κ3) is 4.58. The lowest BCUT2D eigenvalue weighted by Gasteiger charge is -2.46. The maximum Gasteiger partial charge on any atom is 0.408 e. The number of amides is 1. The lowest BCUT2D eigenvalue weighted by Crippen LogP contribution is -2.58. The second-order valence-corrected chi connectivity index (χ2v) is 9.95. The Labute approximate surface area is 195 Å². The molecule has 0 atom stereocenters. The molecule has 2 aliphatic heterocycles. The van der Waals surface area contributed by atoms with Gasteiger partial charge in [-0.3, -0.25) is 5.10 Å². The number of rotatable bonds is 5. The van der Waals surface area contributed by atoms with E-state index in [4.69, 9.17) is 4.74 Å². The lowest BCUT2D eigenvalue weighted by molar-refractivity contribution is 0.0421. The number of aromatic amines is 2. The number of H-pyrrole nitrogens is 2. The molecule has 0 bridgehead atoms. The van der Waals surface area contributed by atoms with Gasteiger partial charge in [0, 0.05) is 74.2 Å². The van der Waals surface area contributed by atoms with Crippen molar-refractivity contribution >= 4 is 17.6 Å². The van der Waals surface area contributed by atoms with E-state index in [0.29, 0.717) is 0 Å². The highest BCUT2D eigenvalue weighted by Gasteiger charge is 2.41. The van der Waals surface area contributed by atoms with Crippen LogP contribution in [0.3, 0.4) is 0 Å². The summed E-state index contributed by atoms with van der Waals surface area (Å²) in [5, 5.41) is 13.6. The zero-order valence-corrected chi connectivity index (χ0v) is 20.2. The molecule has 4 heterocycles. The van der Waals surface area contributed by atoms with Crippen molar-refractivity contribution in [2.24, 2.45) is 0 Å². The fraction of sp³-hybridized carbons (Fsp3) is 0.500. The van der Waals surface area contributed by atoms with Crippen molar-refractivity contribution in [1.82, 2.24) is 30.3 Å². The molecule has 0 aromatic carbocycles. The second-order valence-electron chi connectivity index (χ2n) is 9.95. The summed E-state index contributed by atoms with van der Waals surface area (Å²) in [6.07, 6.45) is 9.05. The van der Waals surface area contributed by atoms with Gasteiger partial charge in [-0.15, -0.1) is 0 Å². The van der Waals surface area contributed by atoms with Crippen molar-refractivity contribution in [2.45, 2.75) is 44.8 Å². The molecule has 4 N–H and O–H groups in total. The molecule has 0 radical (unpaired) electrons. The number of carbonyl (C=O) groups is 1. The molecule has 0 saturated carbocycles. The van der Waals surface area contributed by atoms with Crippen LogP contribution in [0.5, 0.6) is 0 Å². The average molecular weight is 454 g/mol. The average Bonchev–Trinajstić information content (AvgIpc) is 3.41. The molecule has 9 nitrogen and oxygen atoms in total. The number of piperidine rings is 1. The summed E-state index contributed by atoms with van der Waals surface area (Å²) < 4.78 is 5.58. The van der Waals surface area contributed by atoms with Crippen LogP contribution in [0.15, 0.2) is 36.9 Å². The van der Waals surface area contributed by atoms with Crippen molar-refractivity contribution in [1.29, 1.82) is 0 Å². The summed E-state index contributed by atoms with van der Waals surface area (Å²) in [7, 11) is 3.93. The number of alkyl carbamates (subject to hydrolysis) is 1. The molecular weight excluding hydrogens is 418 g/mol. The van der Waals surface area contributed by atoms with Crippen LogP contribution in [0.4, 0.5) is 10.6 Å². The quantitative estimate of drug-likeness (QED) is 0.552. The van der Waals surface area contributed by atoms with Gasteiger partial charge in [-0.2, -0.15) is 5.10 Å². The van der Waals surface area contributed by atoms with E-state index in [2.05, 4.69) is 43.4 Å². The van der Waals surface area contributed by atoms with Crippen LogP contribution < -0.4 is 10.6 Å². The number of fused-ring (bicyclic) bond motifs is 1. The fourth-order valence-electron chi connectivity index (χ4n) is 4.64. The van der Waals surface area contributed by atoms with E-state index in [0.717, 1.165) is 60.7 Å². The SMILES string of the molecule is C=C(N(C)C)C1(NC(=O)OC(C)(C)C)CCN(C2=CCNc3[nH]cc(-c4cn[nH]c4)c32)CC1. The third-order valence-corrected chi connectivity index (χ3v) is 6.31. The summed E-state index contributed by atoms with van der Waals surface area (Å²) in [5.41, 5.74) is 4.28. The van der Waals surface area contributed by atoms with Crippen LogP contribution in [0.2, 0.25) is 0 Å². The minimum atomic E-state index is -0.556. The first-order valence-electron chi connectivity index (χ1n) is 11.4. The summed E-state index contributed by atoms with van der Waals surface area (Å²) in [5.74, 6) is 1.02. The number of carbonyl (C=O) groups excluding carboxylic acids is 1. The molecule has 9 heteroatoms. The number of hydrogen-bond donors (Lipinski definition) is 4. The monoisotopic (exact) mass is 453 g/mol. The predicted octanol–water partition coefficient (Wildman–Crippen LogP) is 3.61. The third-order valence-electron chi connectivity index (χ3n) is 6.31. The van der Waals surface area contributed by atoms with Crippen LogP contribution in [0.1, 0.15) is 39.2 Å². The molecule has 0 spiro atoms. The van der Waals surface area contributed by atoms with E-state index in [1.165, 1.54) is 5.70 Å². The summed E-state index contributed by atoms with van der Waals surface area (Å²) in [4.78, 5) is 20.5. The summed E-state index contributed by atoms with van der Waals surface area (Å²) in [6, 6.07) is 0. The normalized spacial score (nSPS) is 17.5. The maximum atomic E-state index is 12.7. The van der Waals surface area contributed by atoms with E-state index in [-0.39, 0.29) is 0 Å². The molecule has 0 aliphatic carbocycles. The van der Waals surface area contributed by atoms with Crippen LogP contribution >= 0.6 is 0 Å². The zero-order valence-electron chi connectivity index (χ0n) is 20.2. The minimum absolute atomic E-state index is 0.407. The van der Waals surface area contributed by atoms with Gasteiger partial charge < -0.3 is 30.2 Å². The Morgan fingerprint density at radius 3 is 2.61 bits per heavy atom. The Bertz CT molecular complexity index is 1040. The molecule has 1 saturated heterocycles. The van der Waals surface area contributed by atoms with Gasteiger partial charge >= 0.3 is 6.09 Å². The number of ether oxygens (including phenoxy) is 1. The number of nitrogens with zero attached hydrogens (tertiary/aromatic N) is 3. The largest absolute Gasteiger partial charge is 0.444 e. The first-order valence-corrected chi connectivity index (χ1v) is 11.4. The van der Waals surface area contributed by atoms with Crippen molar-refractivity contribution in [3.8, 4) is 11.1 Å². The Balaban J connectivity index is 1.56. The van der Waals surface area contributed by atoms with Gasteiger partial charge in [0.15, 0.2) is 0 Å². The van der Waals surface area contributed by atoms with Gasteiger partial charge in [0.2, 0.25) is 0 Å². The summed E-state index contributed by atoms with van der Waals surface area (Å²) >= 11 is 0. The fourth-order valence-corrected chi connectivity index (χ4v) is 4.64. The van der Waals surface area contributed by atoms with E-state index in [1.54, 1.807) is 0 Å². The number of nitrogens with one attached hydrogen (secondary N) is 4. The molecule has 0 unspecified atom stereocenters. The number of likely N-dealkylation sites (tertiary alicyclic amines) is 1. The standard InChI is InChI=1S/C24H35N7O2/c1-16(30(5)6)24(29-22(32)33-23(2,3)4)8-11-31(12-9-24)19-7-10-25-21-20(19)18(15-26-21)17-13-27-28-14-17/h7,13-15,25-26H,1,8-12H2,2-6H3,(H,27,28)(H,29,32). The van der Waals surface area contributed by atoms with Gasteiger partial charge in [-0.1, -0.05) is 6.58 Å². The van der Waals surface area contributed by atoms with E-state index >= 15 is 0 Å². The van der Waals surface area contributed by atoms with E-state index in [9.17, 15) is 4.79 Å². The summed E-state index contributed by atoms with van der Waals surface area (Å²) in [6.45, 7) is 12.3. The van der Waals surface area contributed by atoms with Gasteiger partial charge in [0.25, 0.3) is 0 Å². The Kier molecular flexibility index (Phi) is 5.90. The maximum absolute atomic E-state index is 12.7. The zero-order chi connectivity index (χ0) is 23.8. The molecule has 4 rings (SSSR count). The van der Waals surface area contributed by atoms with Crippen LogP contribution in [0, 0.1) is 0 Å². The lowest BCUT2D eigenvalue weighted by atomic mass is 9.83. The molecule has 2 aromatic heterocycles. The van der Waals surface area contributed by atoms with Crippen LogP contribution in [-0.2, 0) is 4.74 Å². The molecule has 1 amide bonds. The number of aromatic nitrogens is 3. The molecule has 2 aromatic rings. The topological polar surface area (TPSA) is 101 Å². The molecular formula is C24H35N7O2. The van der Waals surface area contributed by atoms with Gasteiger partial charge in [0.05, 0.1) is 11.7 Å². The van der Waals surface area contributed by atoms with Gasteiger partial charge in [-0.05, 0) is 39.7 Å². The van der Waals surface area contributed by atoms with Gasteiger partial charge in [0.1, 0.15) is 11.4 Å². The Morgan fingerprint density at radius 1 is 1.27 bits per heavy atom. The highest BCUT2D eigenvalue weighted by atomic mass is 16.6. The highest BCUT2D eigenvalue weighted by molar-refractivity contribution is 5.88. The van der Waals surface area contributed by atoms with Crippen molar-refractivity contribution in [3.63, 3.8) is 0 Å². The molecule has 2 aliphatic rings. The predicted molar refractivity (Wildman–Crippen MR) is 131 cm³/mol. The molecule has 1 fully saturated rings. The van der Waals surface area contributed by atoms with E-state index in [1.807, 2.05) is 58.4 Å². The van der Waals surface area contributed by atoms with Crippen LogP contribution in [0.25, 0.3) is 16.8 Å². The molecule has 33 heavy (non-hydrogen) atoms. The molecule has 178 valence electrons. The second kappa shape index (κ2) is 8.53. The highest BCUT2D eigenvalue weighted by Crippen LogP contribution is 2.40. The number of hydrogen-bond acceptors (Lipinski definition) is 6. The first kappa shape index (κ1) is 22.8.